The van der Waals surface area contributed by atoms with Crippen molar-refractivity contribution in [1.29, 1.82) is 0 Å². The van der Waals surface area contributed by atoms with Crippen molar-refractivity contribution in [2.24, 2.45) is 0 Å². The molecular formula is C16H19ClN2OS. The van der Waals surface area contributed by atoms with Crippen LogP contribution in [0.3, 0.4) is 0 Å². The Morgan fingerprint density at radius 2 is 2.19 bits per heavy atom. The zero-order valence-corrected chi connectivity index (χ0v) is 13.7. The predicted molar refractivity (Wildman–Crippen MR) is 90.4 cm³/mol. The third-order valence-electron chi connectivity index (χ3n) is 4.12. The van der Waals surface area contributed by atoms with E-state index in [9.17, 15) is 4.79 Å². The molecule has 1 aromatic heterocycles. The van der Waals surface area contributed by atoms with E-state index in [1.807, 2.05) is 40.6 Å². The van der Waals surface area contributed by atoms with Crippen LogP contribution in [0, 0.1) is 0 Å². The molecule has 1 heterocycles. The highest BCUT2D eigenvalue weighted by Gasteiger charge is 2.28. The largest absolute Gasteiger partial charge is 0.292 e. The molecule has 21 heavy (non-hydrogen) atoms. The van der Waals surface area contributed by atoms with Gasteiger partial charge < -0.3 is 0 Å². The minimum absolute atomic E-state index is 0.0587. The van der Waals surface area contributed by atoms with Crippen molar-refractivity contribution >= 4 is 34.3 Å². The van der Waals surface area contributed by atoms with Gasteiger partial charge in [-0.3, -0.25) is 9.36 Å². The van der Waals surface area contributed by atoms with Crippen LogP contribution in [0.25, 0.3) is 10.9 Å². The number of fused-ring (bicyclic) bond motifs is 1. The van der Waals surface area contributed by atoms with Crippen molar-refractivity contribution in [3.8, 4) is 0 Å². The lowest BCUT2D eigenvalue weighted by atomic mass is 10.2. The van der Waals surface area contributed by atoms with Crippen LogP contribution in [0.15, 0.2) is 29.1 Å². The third kappa shape index (κ3) is 2.84. The Bertz CT molecular complexity index is 700. The number of nitrogens with zero attached hydrogens (tertiary/aromatic N) is 2. The van der Waals surface area contributed by atoms with Crippen molar-refractivity contribution in [2.75, 3.05) is 5.75 Å². The van der Waals surface area contributed by atoms with Crippen LogP contribution in [0.5, 0.6) is 0 Å². The number of para-hydroxylation sites is 1. The zero-order chi connectivity index (χ0) is 14.8. The summed E-state index contributed by atoms with van der Waals surface area (Å²) in [7, 11) is 0. The Hall–Kier alpha value is -1.00. The van der Waals surface area contributed by atoms with Gasteiger partial charge in [0.2, 0.25) is 0 Å². The Labute approximate surface area is 133 Å². The predicted octanol–water partition coefficient (Wildman–Crippen LogP) is 3.98. The average molecular weight is 323 g/mol. The van der Waals surface area contributed by atoms with Gasteiger partial charge in [0.1, 0.15) is 5.82 Å². The smallest absolute Gasteiger partial charge is 0.261 e. The van der Waals surface area contributed by atoms with Gasteiger partial charge in [-0.05, 0) is 37.1 Å². The zero-order valence-electron chi connectivity index (χ0n) is 12.1. The number of hydrogen-bond acceptors (Lipinski definition) is 3. The number of thioether (sulfide) groups is 1. The molecule has 0 bridgehead atoms. The first-order valence-electron chi connectivity index (χ1n) is 7.42. The molecule has 0 saturated heterocycles. The molecule has 0 aliphatic heterocycles. The van der Waals surface area contributed by atoms with Gasteiger partial charge in [0.15, 0.2) is 0 Å². The van der Waals surface area contributed by atoms with E-state index in [0.717, 1.165) is 24.1 Å². The molecule has 0 amide bonds. The van der Waals surface area contributed by atoms with E-state index in [1.165, 1.54) is 6.42 Å². The van der Waals surface area contributed by atoms with Gasteiger partial charge in [-0.2, -0.15) is 11.8 Å². The molecule has 3 rings (SSSR count). The summed E-state index contributed by atoms with van der Waals surface area (Å²) >= 11 is 8.04. The fourth-order valence-electron chi connectivity index (χ4n) is 3.20. The van der Waals surface area contributed by atoms with E-state index in [-0.39, 0.29) is 17.5 Å². The molecule has 1 aliphatic carbocycles. The standard InChI is InChI=1S/C16H19ClN2OS/c1-2-21-12-8-7-11(9-12)19-15(10-17)18-14-6-4-3-5-13(14)16(19)20/h3-6,11-12H,2,7-10H2,1H3. The topological polar surface area (TPSA) is 34.9 Å². The van der Waals surface area contributed by atoms with Crippen molar-refractivity contribution in [3.05, 3.63) is 40.4 Å². The van der Waals surface area contributed by atoms with Crippen LogP contribution in [-0.2, 0) is 5.88 Å². The fraction of sp³-hybridized carbons (Fsp3) is 0.500. The van der Waals surface area contributed by atoms with Crippen molar-refractivity contribution in [1.82, 2.24) is 9.55 Å². The van der Waals surface area contributed by atoms with Crippen molar-refractivity contribution < 1.29 is 0 Å². The molecule has 1 saturated carbocycles. The summed E-state index contributed by atoms with van der Waals surface area (Å²) in [5.41, 5.74) is 0.801. The molecule has 2 atom stereocenters. The SMILES string of the molecule is CCSC1CCC(n2c(CCl)nc3ccccc3c2=O)C1. The van der Waals surface area contributed by atoms with Crippen molar-refractivity contribution in [3.63, 3.8) is 0 Å². The molecular weight excluding hydrogens is 304 g/mol. The van der Waals surface area contributed by atoms with E-state index in [0.29, 0.717) is 16.5 Å². The molecule has 112 valence electrons. The maximum atomic E-state index is 12.8. The number of rotatable bonds is 4. The quantitative estimate of drug-likeness (QED) is 0.798. The normalized spacial score (nSPS) is 22.0. The molecule has 1 aromatic carbocycles. The number of aromatic nitrogens is 2. The maximum absolute atomic E-state index is 12.8. The number of halogens is 1. The number of alkyl halides is 1. The fourth-order valence-corrected chi connectivity index (χ4v) is 4.52. The van der Waals surface area contributed by atoms with Gasteiger partial charge in [-0.15, -0.1) is 11.6 Å². The first-order chi connectivity index (χ1) is 10.2. The maximum Gasteiger partial charge on any atom is 0.261 e. The first-order valence-corrected chi connectivity index (χ1v) is 9.00. The summed E-state index contributed by atoms with van der Waals surface area (Å²) in [5.74, 6) is 2.11. The summed E-state index contributed by atoms with van der Waals surface area (Å²) in [5, 5.41) is 1.35. The lowest BCUT2D eigenvalue weighted by molar-refractivity contribution is 0.485. The number of benzene rings is 1. The summed E-state index contributed by atoms with van der Waals surface area (Å²) < 4.78 is 1.85. The lowest BCUT2D eigenvalue weighted by Crippen LogP contribution is -2.28. The Kier molecular flexibility index (Phi) is 4.55. The summed E-state index contributed by atoms with van der Waals surface area (Å²) in [4.78, 5) is 17.4. The molecule has 0 spiro atoms. The van der Waals surface area contributed by atoms with Crippen LogP contribution >= 0.6 is 23.4 Å². The molecule has 0 N–H and O–H groups in total. The van der Waals surface area contributed by atoms with E-state index in [1.54, 1.807) is 0 Å². The van der Waals surface area contributed by atoms with Gasteiger partial charge in [-0.25, -0.2) is 4.98 Å². The van der Waals surface area contributed by atoms with E-state index < -0.39 is 0 Å². The Morgan fingerprint density at radius 1 is 1.38 bits per heavy atom. The summed E-state index contributed by atoms with van der Waals surface area (Å²) in [6.07, 6.45) is 3.26. The minimum Gasteiger partial charge on any atom is -0.292 e. The van der Waals surface area contributed by atoms with E-state index in [2.05, 4.69) is 11.9 Å². The monoisotopic (exact) mass is 322 g/mol. The number of hydrogen-bond donors (Lipinski definition) is 0. The Balaban J connectivity index is 2.05. The van der Waals surface area contributed by atoms with E-state index >= 15 is 0 Å². The summed E-state index contributed by atoms with van der Waals surface area (Å²) in [6, 6.07) is 7.77. The van der Waals surface area contributed by atoms with Crippen LogP contribution in [0.4, 0.5) is 0 Å². The van der Waals surface area contributed by atoms with Crippen LogP contribution in [-0.4, -0.2) is 20.6 Å². The van der Waals surface area contributed by atoms with Gasteiger partial charge >= 0.3 is 0 Å². The van der Waals surface area contributed by atoms with Gasteiger partial charge in [0.25, 0.3) is 5.56 Å². The molecule has 2 aromatic rings. The first kappa shape index (κ1) is 14.9. The van der Waals surface area contributed by atoms with Crippen LogP contribution < -0.4 is 5.56 Å². The highest BCUT2D eigenvalue weighted by Crippen LogP contribution is 2.37. The van der Waals surface area contributed by atoms with Gasteiger partial charge in [-0.1, -0.05) is 19.1 Å². The Morgan fingerprint density at radius 3 is 2.95 bits per heavy atom. The third-order valence-corrected chi connectivity index (χ3v) is 5.60. The minimum atomic E-state index is 0.0587. The van der Waals surface area contributed by atoms with Gasteiger partial charge in [0, 0.05) is 11.3 Å². The summed E-state index contributed by atoms with van der Waals surface area (Å²) in [6.45, 7) is 2.19. The molecule has 2 unspecified atom stereocenters. The highest BCUT2D eigenvalue weighted by molar-refractivity contribution is 7.99. The molecule has 0 radical (unpaired) electrons. The van der Waals surface area contributed by atoms with Crippen LogP contribution in [0.1, 0.15) is 38.1 Å². The second-order valence-electron chi connectivity index (χ2n) is 5.40. The second kappa shape index (κ2) is 6.41. The molecule has 3 nitrogen and oxygen atoms in total. The molecule has 1 aliphatic rings. The van der Waals surface area contributed by atoms with Crippen LogP contribution in [0.2, 0.25) is 0 Å². The second-order valence-corrected chi connectivity index (χ2v) is 7.24. The average Bonchev–Trinajstić information content (AvgIpc) is 2.95. The lowest BCUT2D eigenvalue weighted by Gasteiger charge is -2.18. The van der Waals surface area contributed by atoms with E-state index in [4.69, 9.17) is 11.6 Å². The van der Waals surface area contributed by atoms with Crippen molar-refractivity contribution in [2.45, 2.75) is 43.4 Å². The van der Waals surface area contributed by atoms with Gasteiger partial charge in [0.05, 0.1) is 16.8 Å². The molecule has 5 heteroatoms. The molecule has 1 fully saturated rings. The highest BCUT2D eigenvalue weighted by atomic mass is 35.5.